The number of hydrogen-bond donors (Lipinski definition) is 6. The summed E-state index contributed by atoms with van der Waals surface area (Å²) in [5.74, 6) is -7.31. The van der Waals surface area contributed by atoms with E-state index in [0.717, 1.165) is 5.56 Å². The first-order chi connectivity index (χ1) is 19.3. The lowest BCUT2D eigenvalue weighted by atomic mass is 9.96. The number of halogens is 1. The van der Waals surface area contributed by atoms with Crippen LogP contribution in [0.4, 0.5) is 0 Å². The van der Waals surface area contributed by atoms with Crippen molar-refractivity contribution < 1.29 is 43.8 Å². The summed E-state index contributed by atoms with van der Waals surface area (Å²) in [6.45, 7) is 4.60. The topological polar surface area (TPSA) is 208 Å². The maximum atomic E-state index is 13.3. The number of benzene rings is 1. The predicted octanol–water partition coefficient (Wildman–Crippen LogP) is 0.382. The number of rotatable bonds is 18. The molecule has 41 heavy (non-hydrogen) atoms. The molecule has 6 N–H and O–H groups in total. The molecular weight excluding hydrogens is 560 g/mol. The molecule has 5 atom stereocenters. The Morgan fingerprint density at radius 3 is 1.90 bits per heavy atom. The fraction of sp³-hybridized carbons (Fsp3) is 0.519. The summed E-state index contributed by atoms with van der Waals surface area (Å²) in [6.07, 6.45) is -1.06. The summed E-state index contributed by atoms with van der Waals surface area (Å²) in [4.78, 5) is 85.9. The highest BCUT2D eigenvalue weighted by Gasteiger charge is 2.34. The second kappa shape index (κ2) is 17.6. The lowest BCUT2D eigenvalue weighted by Gasteiger charge is -2.28. The normalized spacial score (nSPS) is 14.3. The third-order valence-corrected chi connectivity index (χ3v) is 6.53. The minimum absolute atomic E-state index is 0.0942. The van der Waals surface area contributed by atoms with E-state index in [1.54, 1.807) is 44.2 Å². The van der Waals surface area contributed by atoms with Gasteiger partial charge < -0.3 is 31.5 Å². The van der Waals surface area contributed by atoms with Gasteiger partial charge in [0.05, 0.1) is 18.3 Å². The van der Waals surface area contributed by atoms with Gasteiger partial charge in [0.25, 0.3) is 0 Å². The Kier molecular flexibility index (Phi) is 15.1. The average Bonchev–Trinajstić information content (AvgIpc) is 2.91. The monoisotopic (exact) mass is 596 g/mol. The molecule has 13 nitrogen and oxygen atoms in total. The second-order valence-corrected chi connectivity index (χ2v) is 9.83. The molecule has 1 aromatic rings. The highest BCUT2D eigenvalue weighted by Crippen LogP contribution is 2.11. The van der Waals surface area contributed by atoms with Gasteiger partial charge >= 0.3 is 11.9 Å². The van der Waals surface area contributed by atoms with Gasteiger partial charge in [-0.05, 0) is 17.9 Å². The van der Waals surface area contributed by atoms with Crippen molar-refractivity contribution in [1.29, 1.82) is 0 Å². The summed E-state index contributed by atoms with van der Waals surface area (Å²) in [7, 11) is 0. The SMILES string of the molecule is CC[C@H](C)[C@H](NC(=O)[C@H](CCC(=O)O)NC(=O)[C@H](Cc1ccccc1)NC(C)=O)C(=O)N[C@H](CC(=O)O)C(=O)CCl. The van der Waals surface area contributed by atoms with E-state index in [1.165, 1.54) is 6.92 Å². The number of carboxylic acids is 2. The van der Waals surface area contributed by atoms with Crippen molar-refractivity contribution in [2.75, 3.05) is 5.88 Å². The van der Waals surface area contributed by atoms with Gasteiger partial charge in [-0.15, -0.1) is 11.6 Å². The largest absolute Gasteiger partial charge is 0.481 e. The molecule has 226 valence electrons. The fourth-order valence-corrected chi connectivity index (χ4v) is 4.03. The van der Waals surface area contributed by atoms with Crippen LogP contribution in [0.2, 0.25) is 0 Å². The van der Waals surface area contributed by atoms with Crippen LogP contribution in [0.1, 0.15) is 52.0 Å². The summed E-state index contributed by atoms with van der Waals surface area (Å²) < 4.78 is 0. The molecule has 0 aliphatic rings. The number of ketones is 1. The van der Waals surface area contributed by atoms with Crippen LogP contribution >= 0.6 is 11.6 Å². The zero-order valence-electron chi connectivity index (χ0n) is 23.1. The van der Waals surface area contributed by atoms with Crippen LogP contribution in [0, 0.1) is 5.92 Å². The average molecular weight is 597 g/mol. The maximum absolute atomic E-state index is 13.3. The first-order valence-corrected chi connectivity index (χ1v) is 13.6. The Labute approximate surface area is 242 Å². The zero-order chi connectivity index (χ0) is 31.1. The van der Waals surface area contributed by atoms with Gasteiger partial charge in [-0.25, -0.2) is 0 Å². The summed E-state index contributed by atoms with van der Waals surface area (Å²) >= 11 is 5.55. The lowest BCUT2D eigenvalue weighted by molar-refractivity contribution is -0.141. The maximum Gasteiger partial charge on any atom is 0.305 e. The van der Waals surface area contributed by atoms with Gasteiger partial charge in [0, 0.05) is 19.8 Å². The van der Waals surface area contributed by atoms with E-state index in [2.05, 4.69) is 21.3 Å². The molecule has 0 spiro atoms. The number of carboxylic acid groups (broad SMARTS) is 2. The molecule has 14 heteroatoms. The standard InChI is InChI=1S/C27H37ClN4O9/c1-4-15(2)24(27(41)31-19(13-23(37)38)21(34)14-28)32-25(39)18(10-11-22(35)36)30-26(40)20(29-16(3)33)12-17-8-6-5-7-9-17/h5-9,15,18-20,24H,4,10-14H2,1-3H3,(H,29,33)(H,30,40)(H,31,41)(H,32,39)(H,35,36)(H,37,38)/t15-,18-,19+,20-,24-/m0/s1. The quantitative estimate of drug-likeness (QED) is 0.129. The Balaban J connectivity index is 3.19. The molecule has 0 saturated heterocycles. The predicted molar refractivity (Wildman–Crippen MR) is 148 cm³/mol. The van der Waals surface area contributed by atoms with E-state index in [4.69, 9.17) is 16.7 Å². The molecule has 0 aliphatic heterocycles. The number of aliphatic carboxylic acids is 2. The number of carbonyl (C=O) groups excluding carboxylic acids is 5. The van der Waals surface area contributed by atoms with Crippen molar-refractivity contribution in [2.24, 2.45) is 5.92 Å². The van der Waals surface area contributed by atoms with Crippen LogP contribution in [0.3, 0.4) is 0 Å². The van der Waals surface area contributed by atoms with Gasteiger partial charge in [0.2, 0.25) is 23.6 Å². The number of carbonyl (C=O) groups is 7. The van der Waals surface area contributed by atoms with Crippen molar-refractivity contribution in [1.82, 2.24) is 21.3 Å². The van der Waals surface area contributed by atoms with E-state index in [-0.39, 0.29) is 12.8 Å². The van der Waals surface area contributed by atoms with E-state index in [0.29, 0.717) is 6.42 Å². The van der Waals surface area contributed by atoms with Crippen LogP contribution in [0.15, 0.2) is 30.3 Å². The van der Waals surface area contributed by atoms with Crippen molar-refractivity contribution in [2.45, 2.75) is 77.0 Å². The van der Waals surface area contributed by atoms with Crippen LogP contribution in [0.25, 0.3) is 0 Å². The number of hydrogen-bond acceptors (Lipinski definition) is 7. The van der Waals surface area contributed by atoms with Gasteiger partial charge in [0.1, 0.15) is 18.1 Å². The van der Waals surface area contributed by atoms with Gasteiger partial charge in [-0.3, -0.25) is 33.6 Å². The van der Waals surface area contributed by atoms with Gasteiger partial charge in [0.15, 0.2) is 5.78 Å². The summed E-state index contributed by atoms with van der Waals surface area (Å²) in [6, 6.07) is 3.61. The van der Waals surface area contributed by atoms with Crippen molar-refractivity contribution in [3.8, 4) is 0 Å². The van der Waals surface area contributed by atoms with Crippen molar-refractivity contribution in [3.63, 3.8) is 0 Å². The third kappa shape index (κ3) is 12.8. The van der Waals surface area contributed by atoms with Crippen molar-refractivity contribution >= 4 is 53.0 Å². The van der Waals surface area contributed by atoms with Gasteiger partial charge in [-0.1, -0.05) is 50.6 Å². The first-order valence-electron chi connectivity index (χ1n) is 13.0. The molecule has 0 aliphatic carbocycles. The smallest absolute Gasteiger partial charge is 0.305 e. The van der Waals surface area contributed by atoms with Crippen LogP contribution in [-0.4, -0.2) is 81.6 Å². The van der Waals surface area contributed by atoms with E-state index < -0.39 is 90.2 Å². The van der Waals surface area contributed by atoms with Crippen LogP contribution in [-0.2, 0) is 40.0 Å². The molecule has 0 aromatic heterocycles. The van der Waals surface area contributed by atoms with E-state index >= 15 is 0 Å². The molecule has 1 rings (SSSR count). The van der Waals surface area contributed by atoms with Crippen molar-refractivity contribution in [3.05, 3.63) is 35.9 Å². The Bertz CT molecular complexity index is 1100. The molecule has 0 radical (unpaired) electrons. The molecule has 4 amide bonds. The molecule has 0 heterocycles. The van der Waals surface area contributed by atoms with E-state index in [9.17, 15) is 38.7 Å². The number of alkyl halides is 1. The van der Waals surface area contributed by atoms with Crippen LogP contribution < -0.4 is 21.3 Å². The molecule has 1 aromatic carbocycles. The number of amides is 4. The first kappa shape index (κ1) is 35.0. The minimum Gasteiger partial charge on any atom is -0.481 e. The van der Waals surface area contributed by atoms with Crippen LogP contribution in [0.5, 0.6) is 0 Å². The Hall–Kier alpha value is -4.00. The number of nitrogens with one attached hydrogen (secondary N) is 4. The summed E-state index contributed by atoms with van der Waals surface area (Å²) in [5, 5.41) is 28.1. The molecule has 0 unspecified atom stereocenters. The fourth-order valence-electron chi connectivity index (χ4n) is 3.84. The second-order valence-electron chi connectivity index (χ2n) is 9.57. The Morgan fingerprint density at radius 1 is 0.805 bits per heavy atom. The number of Topliss-reactive ketones (excluding diaryl/α,β-unsaturated/α-hetero) is 1. The summed E-state index contributed by atoms with van der Waals surface area (Å²) in [5.41, 5.74) is 0.726. The highest BCUT2D eigenvalue weighted by molar-refractivity contribution is 6.28. The third-order valence-electron chi connectivity index (χ3n) is 6.27. The molecule has 0 fully saturated rings. The van der Waals surface area contributed by atoms with E-state index in [1.807, 2.05) is 0 Å². The Morgan fingerprint density at radius 2 is 1.39 bits per heavy atom. The molecular formula is C27H37ClN4O9. The highest BCUT2D eigenvalue weighted by atomic mass is 35.5. The molecule has 0 saturated carbocycles. The lowest BCUT2D eigenvalue weighted by Crippen LogP contribution is -2.59. The van der Waals surface area contributed by atoms with Gasteiger partial charge in [-0.2, -0.15) is 0 Å². The molecule has 0 bridgehead atoms. The zero-order valence-corrected chi connectivity index (χ0v) is 23.9. The minimum atomic E-state index is -1.43.